The van der Waals surface area contributed by atoms with Gasteiger partial charge >= 0.3 is 0 Å². The number of nitrogens with one attached hydrogen (secondary N) is 1. The van der Waals surface area contributed by atoms with Crippen LogP contribution in [0.4, 0.5) is 0 Å². The lowest BCUT2D eigenvalue weighted by atomic mass is 10.1. The van der Waals surface area contributed by atoms with E-state index >= 15 is 0 Å². The zero-order chi connectivity index (χ0) is 18.0. The average Bonchev–Trinajstić information content (AvgIpc) is 2.62. The van der Waals surface area contributed by atoms with Crippen molar-refractivity contribution in [3.8, 4) is 0 Å². The Kier molecular flexibility index (Phi) is 5.03. The monoisotopic (exact) mass is 359 g/mol. The Morgan fingerprint density at radius 2 is 1.72 bits per heavy atom. The zero-order valence-corrected chi connectivity index (χ0v) is 15.3. The van der Waals surface area contributed by atoms with Crippen LogP contribution in [0, 0.1) is 0 Å². The molecule has 0 spiro atoms. The van der Waals surface area contributed by atoms with Crippen LogP contribution in [-0.2, 0) is 10.0 Å². The van der Waals surface area contributed by atoms with Gasteiger partial charge in [-0.05, 0) is 24.6 Å². The lowest BCUT2D eigenvalue weighted by Crippen LogP contribution is -3.12. The predicted molar refractivity (Wildman–Crippen MR) is 96.1 cm³/mol. The van der Waals surface area contributed by atoms with Gasteiger partial charge in [-0.15, -0.1) is 0 Å². The van der Waals surface area contributed by atoms with Gasteiger partial charge in [0.25, 0.3) is 0 Å². The maximum atomic E-state index is 13.2. The largest absolute Gasteiger partial charge is 0.335 e. The van der Waals surface area contributed by atoms with E-state index in [2.05, 4.69) is 7.05 Å². The van der Waals surface area contributed by atoms with E-state index in [9.17, 15) is 13.2 Å². The molecule has 0 saturated carbocycles. The number of Topliss-reactive ketones (excluding diaryl/α,β-unsaturated/α-hetero) is 1. The Balaban J connectivity index is 1.97. The molecule has 1 aliphatic heterocycles. The molecule has 1 saturated heterocycles. The van der Waals surface area contributed by atoms with Gasteiger partial charge in [0.2, 0.25) is 10.0 Å². The molecule has 0 bridgehead atoms. The Morgan fingerprint density at radius 3 is 2.32 bits per heavy atom. The van der Waals surface area contributed by atoms with Gasteiger partial charge in [0.1, 0.15) is 0 Å². The summed E-state index contributed by atoms with van der Waals surface area (Å²) in [6.07, 6.45) is 0. The van der Waals surface area contributed by atoms with Crippen molar-refractivity contribution in [3.63, 3.8) is 0 Å². The fraction of sp³-hybridized carbons (Fsp3) is 0.316. The van der Waals surface area contributed by atoms with E-state index in [0.717, 1.165) is 18.7 Å². The number of rotatable bonds is 4. The number of likely N-dealkylation sites (N-methyl/N-ethyl adjacent to an activating group) is 1. The topological polar surface area (TPSA) is 58.9 Å². The number of benzene rings is 2. The smallest absolute Gasteiger partial charge is 0.244 e. The van der Waals surface area contributed by atoms with Gasteiger partial charge < -0.3 is 4.90 Å². The molecule has 1 fully saturated rings. The molecule has 132 valence electrons. The lowest BCUT2D eigenvalue weighted by molar-refractivity contribution is -0.887. The molecule has 1 heterocycles. The van der Waals surface area contributed by atoms with Gasteiger partial charge in [-0.25, -0.2) is 8.42 Å². The highest BCUT2D eigenvalue weighted by Gasteiger charge is 2.38. The molecule has 6 heteroatoms. The number of sulfonamides is 1. The van der Waals surface area contributed by atoms with E-state index in [1.165, 1.54) is 24.0 Å². The molecule has 1 aliphatic rings. The molecule has 2 aromatic carbocycles. The summed E-state index contributed by atoms with van der Waals surface area (Å²) in [6, 6.07) is 15.8. The third-order valence-corrected chi connectivity index (χ3v) is 6.62. The van der Waals surface area contributed by atoms with Gasteiger partial charge in [-0.2, -0.15) is 4.31 Å². The van der Waals surface area contributed by atoms with Crippen molar-refractivity contribution in [2.45, 2.75) is 17.9 Å². The molecule has 0 amide bonds. The summed E-state index contributed by atoms with van der Waals surface area (Å²) in [7, 11) is -1.53. The molecule has 2 aromatic rings. The van der Waals surface area contributed by atoms with Crippen molar-refractivity contribution in [2.75, 3.05) is 26.7 Å². The highest BCUT2D eigenvalue weighted by atomic mass is 32.2. The number of quaternary nitrogens is 1. The van der Waals surface area contributed by atoms with Crippen LogP contribution in [0.15, 0.2) is 59.5 Å². The third kappa shape index (κ3) is 3.66. The minimum absolute atomic E-state index is 0.0747. The van der Waals surface area contributed by atoms with Gasteiger partial charge in [0.05, 0.1) is 37.6 Å². The zero-order valence-electron chi connectivity index (χ0n) is 14.5. The minimum Gasteiger partial charge on any atom is -0.335 e. The van der Waals surface area contributed by atoms with Crippen LogP contribution in [0.5, 0.6) is 0 Å². The first-order valence-corrected chi connectivity index (χ1v) is 9.82. The molecule has 3 rings (SSSR count). The predicted octanol–water partition coefficient (Wildman–Crippen LogP) is 1.15. The number of carbonyl (C=O) groups is 1. The van der Waals surface area contributed by atoms with Crippen molar-refractivity contribution < 1.29 is 18.1 Å². The van der Waals surface area contributed by atoms with E-state index in [4.69, 9.17) is 0 Å². The van der Waals surface area contributed by atoms with Crippen LogP contribution in [-0.4, -0.2) is 45.2 Å². The molecular weight excluding hydrogens is 336 g/mol. The summed E-state index contributed by atoms with van der Waals surface area (Å²) in [4.78, 5) is 13.0. The number of carbonyl (C=O) groups excluding carboxylic acids is 1. The van der Waals surface area contributed by atoms with Gasteiger partial charge in [-0.3, -0.25) is 4.79 Å². The molecule has 1 unspecified atom stereocenters. The van der Waals surface area contributed by atoms with E-state index in [0.29, 0.717) is 12.1 Å². The first-order chi connectivity index (χ1) is 11.9. The van der Waals surface area contributed by atoms with Crippen molar-refractivity contribution in [2.24, 2.45) is 0 Å². The Bertz CT molecular complexity index is 848. The summed E-state index contributed by atoms with van der Waals surface area (Å²) in [5, 5.41) is 0. The van der Waals surface area contributed by atoms with Crippen molar-refractivity contribution in [3.05, 3.63) is 65.7 Å². The van der Waals surface area contributed by atoms with Gasteiger partial charge in [0, 0.05) is 5.56 Å². The fourth-order valence-electron chi connectivity index (χ4n) is 3.23. The SMILES string of the molecule is CC(=O)c1ccc(S(=O)(=O)N2CC[NH+](C)C[C@@H]2c2ccccc2)cc1. The summed E-state index contributed by atoms with van der Waals surface area (Å²) in [6.45, 7) is 3.45. The first kappa shape index (κ1) is 17.8. The Labute approximate surface area is 148 Å². The van der Waals surface area contributed by atoms with Crippen LogP contribution in [0.2, 0.25) is 0 Å². The van der Waals surface area contributed by atoms with Crippen molar-refractivity contribution in [1.82, 2.24) is 4.31 Å². The van der Waals surface area contributed by atoms with Crippen LogP contribution < -0.4 is 4.90 Å². The highest BCUT2D eigenvalue weighted by molar-refractivity contribution is 7.89. The molecule has 1 N–H and O–H groups in total. The fourth-order valence-corrected chi connectivity index (χ4v) is 4.85. The number of piperazine rings is 1. The summed E-state index contributed by atoms with van der Waals surface area (Å²) in [5.74, 6) is -0.0747. The summed E-state index contributed by atoms with van der Waals surface area (Å²) >= 11 is 0. The third-order valence-electron chi connectivity index (χ3n) is 4.70. The Hall–Kier alpha value is -2.02. The minimum atomic E-state index is -3.62. The van der Waals surface area contributed by atoms with Crippen LogP contribution >= 0.6 is 0 Å². The molecule has 0 aliphatic carbocycles. The number of ketones is 1. The van der Waals surface area contributed by atoms with E-state index < -0.39 is 10.0 Å². The highest BCUT2D eigenvalue weighted by Crippen LogP contribution is 2.28. The molecule has 2 atom stereocenters. The quantitative estimate of drug-likeness (QED) is 0.833. The first-order valence-electron chi connectivity index (χ1n) is 8.38. The second-order valence-electron chi connectivity index (χ2n) is 6.53. The van der Waals surface area contributed by atoms with E-state index in [-0.39, 0.29) is 16.7 Å². The van der Waals surface area contributed by atoms with Crippen molar-refractivity contribution >= 4 is 15.8 Å². The summed E-state index contributed by atoms with van der Waals surface area (Å²) in [5.41, 5.74) is 1.52. The van der Waals surface area contributed by atoms with Gasteiger partial charge in [-0.1, -0.05) is 42.5 Å². The number of hydrogen-bond acceptors (Lipinski definition) is 3. The average molecular weight is 359 g/mol. The maximum absolute atomic E-state index is 13.2. The molecule has 25 heavy (non-hydrogen) atoms. The molecular formula is C19H23N2O3S+. The van der Waals surface area contributed by atoms with E-state index in [1.807, 2.05) is 30.3 Å². The standard InChI is InChI=1S/C19H22N2O3S/c1-15(22)16-8-10-18(11-9-16)25(23,24)21-13-12-20(2)14-19(21)17-6-4-3-5-7-17/h3-11,19H,12-14H2,1-2H3/p+1/t19-/m1/s1. The number of hydrogen-bond donors (Lipinski definition) is 1. The van der Waals surface area contributed by atoms with Crippen molar-refractivity contribution in [1.29, 1.82) is 0 Å². The van der Waals surface area contributed by atoms with Crippen LogP contribution in [0.3, 0.4) is 0 Å². The molecule has 0 aromatic heterocycles. The molecule has 0 radical (unpaired) electrons. The number of nitrogens with zero attached hydrogens (tertiary/aromatic N) is 1. The Morgan fingerprint density at radius 1 is 1.08 bits per heavy atom. The summed E-state index contributed by atoms with van der Waals surface area (Å²) < 4.78 is 28.0. The van der Waals surface area contributed by atoms with Crippen LogP contribution in [0.1, 0.15) is 28.9 Å². The van der Waals surface area contributed by atoms with E-state index in [1.54, 1.807) is 16.4 Å². The lowest BCUT2D eigenvalue weighted by Gasteiger charge is -2.37. The van der Waals surface area contributed by atoms with Crippen LogP contribution in [0.25, 0.3) is 0 Å². The maximum Gasteiger partial charge on any atom is 0.244 e. The normalized spacial score (nSPS) is 21.8. The molecule has 5 nitrogen and oxygen atoms in total. The second-order valence-corrected chi connectivity index (χ2v) is 8.42. The second kappa shape index (κ2) is 7.07. The van der Waals surface area contributed by atoms with Gasteiger partial charge in [0.15, 0.2) is 5.78 Å².